The molecule has 2 aromatic rings. The van der Waals surface area contributed by atoms with Crippen LogP contribution in [-0.4, -0.2) is 41.4 Å². The number of aromatic nitrogens is 2. The van der Waals surface area contributed by atoms with E-state index >= 15 is 0 Å². The summed E-state index contributed by atoms with van der Waals surface area (Å²) in [4.78, 5) is 22.1. The minimum absolute atomic E-state index is 0.0968. The largest absolute Gasteiger partial charge is 0.574 e. The molecular weight excluding hydrogens is 389 g/mol. The zero-order chi connectivity index (χ0) is 20.6. The lowest BCUT2D eigenvalue weighted by Gasteiger charge is -2.34. The van der Waals surface area contributed by atoms with Gasteiger partial charge < -0.3 is 19.7 Å². The summed E-state index contributed by atoms with van der Waals surface area (Å²) in [6, 6.07) is 4.50. The van der Waals surface area contributed by atoms with Crippen LogP contribution in [0.1, 0.15) is 34.5 Å². The average Bonchev–Trinajstić information content (AvgIpc) is 3.01. The second-order valence-electron chi connectivity index (χ2n) is 6.99. The van der Waals surface area contributed by atoms with Gasteiger partial charge >= 0.3 is 6.36 Å². The van der Waals surface area contributed by atoms with E-state index in [9.17, 15) is 18.0 Å². The maximum absolute atomic E-state index is 12.3. The molecule has 0 bridgehead atoms. The summed E-state index contributed by atoms with van der Waals surface area (Å²) in [6.45, 7) is 3.74. The normalized spacial score (nSPS) is 17.1. The number of fused-ring (bicyclic) bond motifs is 1. The molecule has 29 heavy (non-hydrogen) atoms. The van der Waals surface area contributed by atoms with Gasteiger partial charge in [0.15, 0.2) is 0 Å². The zero-order valence-corrected chi connectivity index (χ0v) is 15.6. The van der Waals surface area contributed by atoms with Crippen LogP contribution >= 0.6 is 0 Å². The Balaban J connectivity index is 1.38. The van der Waals surface area contributed by atoms with Crippen LogP contribution in [0.3, 0.4) is 0 Å². The summed E-state index contributed by atoms with van der Waals surface area (Å²) in [5, 5.41) is 2.77. The van der Waals surface area contributed by atoms with Crippen molar-refractivity contribution in [1.82, 2.24) is 15.3 Å². The Kier molecular flexibility index (Phi) is 4.93. The number of rotatable bonds is 4. The Morgan fingerprint density at radius 2 is 2.00 bits per heavy atom. The molecule has 0 aromatic carbocycles. The second-order valence-corrected chi connectivity index (χ2v) is 6.99. The second kappa shape index (κ2) is 7.41. The van der Waals surface area contributed by atoms with Crippen molar-refractivity contribution in [3.8, 4) is 11.6 Å². The molecule has 1 fully saturated rings. The fourth-order valence-electron chi connectivity index (χ4n) is 3.57. The minimum atomic E-state index is -4.79. The lowest BCUT2D eigenvalue weighted by molar-refractivity contribution is -0.276. The number of pyridine rings is 2. The van der Waals surface area contributed by atoms with Gasteiger partial charge in [0, 0.05) is 38.2 Å². The molecule has 2 aromatic heterocycles. The zero-order valence-electron chi connectivity index (χ0n) is 15.6. The van der Waals surface area contributed by atoms with Crippen molar-refractivity contribution in [1.29, 1.82) is 0 Å². The molecule has 0 unspecified atom stereocenters. The molecule has 4 rings (SSSR count). The number of carbonyl (C=O) groups excluding carboxylic acids is 1. The van der Waals surface area contributed by atoms with Gasteiger partial charge in [-0.3, -0.25) is 4.79 Å². The first-order valence-electron chi connectivity index (χ1n) is 9.20. The average molecular weight is 408 g/mol. The van der Waals surface area contributed by atoms with E-state index in [-0.39, 0.29) is 17.8 Å². The maximum atomic E-state index is 12.3. The number of piperidine rings is 1. The summed E-state index contributed by atoms with van der Waals surface area (Å²) in [6.07, 6.45) is -2.33. The number of anilines is 1. The van der Waals surface area contributed by atoms with Gasteiger partial charge in [-0.2, -0.15) is 0 Å². The quantitative estimate of drug-likeness (QED) is 0.838. The third-order valence-corrected chi connectivity index (χ3v) is 4.90. The first kappa shape index (κ1) is 19.3. The summed E-state index contributed by atoms with van der Waals surface area (Å²) in [7, 11) is 0. The molecular formula is C19H19F3N4O3. The number of amides is 1. The number of nitrogens with one attached hydrogen (secondary N) is 1. The molecule has 1 N–H and O–H groups in total. The number of hydrogen-bond acceptors (Lipinski definition) is 6. The van der Waals surface area contributed by atoms with Gasteiger partial charge in [-0.1, -0.05) is 0 Å². The summed E-state index contributed by atoms with van der Waals surface area (Å²) in [5.41, 5.74) is 2.31. The van der Waals surface area contributed by atoms with Crippen molar-refractivity contribution in [3.05, 3.63) is 41.2 Å². The van der Waals surface area contributed by atoms with E-state index in [2.05, 4.69) is 24.9 Å². The lowest BCUT2D eigenvalue weighted by Crippen LogP contribution is -2.39. The SMILES string of the molecule is Cc1cc2c(nc1N1CCC(Oc3ccnc(OC(F)(F)F)c3)CC1)CNC2=O. The number of hydrogen-bond donors (Lipinski definition) is 1. The summed E-state index contributed by atoms with van der Waals surface area (Å²) in [5.74, 6) is 0.492. The topological polar surface area (TPSA) is 76.6 Å². The van der Waals surface area contributed by atoms with Gasteiger partial charge in [0.1, 0.15) is 17.7 Å². The van der Waals surface area contributed by atoms with Gasteiger partial charge in [0.05, 0.1) is 17.8 Å². The lowest BCUT2D eigenvalue weighted by atomic mass is 10.1. The molecule has 0 atom stereocenters. The highest BCUT2D eigenvalue weighted by molar-refractivity contribution is 5.98. The van der Waals surface area contributed by atoms with E-state index in [4.69, 9.17) is 4.74 Å². The van der Waals surface area contributed by atoms with Crippen LogP contribution in [0.5, 0.6) is 11.6 Å². The van der Waals surface area contributed by atoms with Crippen molar-refractivity contribution in [2.45, 2.75) is 38.8 Å². The fraction of sp³-hybridized carbons (Fsp3) is 0.421. The Morgan fingerprint density at radius 3 is 2.72 bits per heavy atom. The monoisotopic (exact) mass is 408 g/mol. The molecule has 2 aliphatic heterocycles. The van der Waals surface area contributed by atoms with Gasteiger partial charge in [-0.25, -0.2) is 9.97 Å². The van der Waals surface area contributed by atoms with Crippen molar-refractivity contribution in [2.75, 3.05) is 18.0 Å². The van der Waals surface area contributed by atoms with Gasteiger partial charge in [-0.15, -0.1) is 13.2 Å². The Hall–Kier alpha value is -3.04. The van der Waals surface area contributed by atoms with Crippen LogP contribution in [0.25, 0.3) is 0 Å². The molecule has 1 amide bonds. The maximum Gasteiger partial charge on any atom is 0.574 e. The number of ether oxygens (including phenoxy) is 2. The number of halogens is 3. The molecule has 0 saturated carbocycles. The van der Waals surface area contributed by atoms with Gasteiger partial charge in [0.25, 0.3) is 5.91 Å². The highest BCUT2D eigenvalue weighted by atomic mass is 19.4. The Bertz CT molecular complexity index is 927. The third-order valence-electron chi connectivity index (χ3n) is 4.90. The van der Waals surface area contributed by atoms with Crippen molar-refractivity contribution >= 4 is 11.7 Å². The summed E-state index contributed by atoms with van der Waals surface area (Å²) < 4.78 is 46.7. The number of carbonyl (C=O) groups is 1. The van der Waals surface area contributed by atoms with E-state index in [0.717, 1.165) is 23.1 Å². The predicted octanol–water partition coefficient (Wildman–Crippen LogP) is 2.97. The van der Waals surface area contributed by atoms with Crippen LogP contribution in [0.15, 0.2) is 24.4 Å². The third kappa shape index (κ3) is 4.36. The molecule has 0 spiro atoms. The molecule has 7 nitrogen and oxygen atoms in total. The van der Waals surface area contributed by atoms with Gasteiger partial charge in [-0.05, 0) is 24.6 Å². The van der Waals surface area contributed by atoms with E-state index in [0.29, 0.717) is 38.0 Å². The Morgan fingerprint density at radius 1 is 1.24 bits per heavy atom. The molecule has 2 aliphatic rings. The molecule has 10 heteroatoms. The molecule has 1 saturated heterocycles. The summed E-state index contributed by atoms with van der Waals surface area (Å²) >= 11 is 0. The number of aryl methyl sites for hydroxylation is 1. The van der Waals surface area contributed by atoms with Crippen molar-refractivity contribution in [2.24, 2.45) is 0 Å². The first-order chi connectivity index (χ1) is 13.8. The van der Waals surface area contributed by atoms with E-state index in [1.165, 1.54) is 12.3 Å². The number of alkyl halides is 3. The van der Waals surface area contributed by atoms with Crippen LogP contribution in [0.4, 0.5) is 19.0 Å². The smallest absolute Gasteiger partial charge is 0.490 e. The van der Waals surface area contributed by atoms with Crippen LogP contribution < -0.4 is 19.7 Å². The van der Waals surface area contributed by atoms with Gasteiger partial charge in [0.2, 0.25) is 5.88 Å². The van der Waals surface area contributed by atoms with E-state index in [1.807, 2.05) is 13.0 Å². The first-order valence-corrected chi connectivity index (χ1v) is 9.20. The highest BCUT2D eigenvalue weighted by Crippen LogP contribution is 2.29. The minimum Gasteiger partial charge on any atom is -0.490 e. The highest BCUT2D eigenvalue weighted by Gasteiger charge is 2.32. The fourth-order valence-corrected chi connectivity index (χ4v) is 3.57. The van der Waals surface area contributed by atoms with Crippen molar-refractivity contribution in [3.63, 3.8) is 0 Å². The number of nitrogens with zero attached hydrogens (tertiary/aromatic N) is 3. The Labute approximate surface area is 164 Å². The standard InChI is InChI=1S/C19H19F3N4O3/c1-11-8-14-15(10-24-18(14)27)25-17(11)26-6-3-12(4-7-26)28-13-2-5-23-16(9-13)29-19(20,21)22/h2,5,8-9,12H,3-4,6-7,10H2,1H3,(H,24,27). The van der Waals surface area contributed by atoms with E-state index < -0.39 is 12.2 Å². The van der Waals surface area contributed by atoms with Crippen molar-refractivity contribution < 1.29 is 27.4 Å². The predicted molar refractivity (Wildman–Crippen MR) is 96.9 cm³/mol. The molecule has 154 valence electrons. The molecule has 0 radical (unpaired) electrons. The van der Waals surface area contributed by atoms with Crippen LogP contribution in [0.2, 0.25) is 0 Å². The molecule has 4 heterocycles. The molecule has 0 aliphatic carbocycles. The van der Waals surface area contributed by atoms with E-state index in [1.54, 1.807) is 0 Å². The van der Waals surface area contributed by atoms with Crippen LogP contribution in [0, 0.1) is 6.92 Å². The van der Waals surface area contributed by atoms with Crippen LogP contribution in [-0.2, 0) is 6.54 Å².